The predicted molar refractivity (Wildman–Crippen MR) is 63.0 cm³/mol. The molecule has 1 aliphatic rings. The number of rotatable bonds is 4. The Hall–Kier alpha value is -1.62. The molecule has 6 heteroatoms. The monoisotopic (exact) mass is 271 g/mol. The zero-order chi connectivity index (χ0) is 13.3. The van der Waals surface area contributed by atoms with E-state index in [2.05, 4.69) is 5.32 Å². The van der Waals surface area contributed by atoms with E-state index in [4.69, 9.17) is 16.7 Å². The second-order valence-electron chi connectivity index (χ2n) is 4.25. The number of amides is 1. The highest BCUT2D eigenvalue weighted by Crippen LogP contribution is 2.33. The van der Waals surface area contributed by atoms with Crippen molar-refractivity contribution in [2.24, 2.45) is 5.92 Å². The summed E-state index contributed by atoms with van der Waals surface area (Å²) < 4.78 is 13.4. The number of hydrogen-bond acceptors (Lipinski definition) is 2. The van der Waals surface area contributed by atoms with Crippen molar-refractivity contribution in [3.05, 3.63) is 34.6 Å². The van der Waals surface area contributed by atoms with E-state index >= 15 is 0 Å². The van der Waals surface area contributed by atoms with Crippen LogP contribution in [0.2, 0.25) is 5.02 Å². The summed E-state index contributed by atoms with van der Waals surface area (Å²) in [5.74, 6) is -2.65. The van der Waals surface area contributed by atoms with Gasteiger partial charge in [0.05, 0.1) is 5.56 Å². The van der Waals surface area contributed by atoms with Crippen LogP contribution in [0.4, 0.5) is 4.39 Å². The van der Waals surface area contributed by atoms with Crippen molar-refractivity contribution in [3.63, 3.8) is 0 Å². The summed E-state index contributed by atoms with van der Waals surface area (Å²) in [6.07, 6.45) is 1.52. The maximum atomic E-state index is 13.4. The molecule has 0 spiro atoms. The topological polar surface area (TPSA) is 66.4 Å². The summed E-state index contributed by atoms with van der Waals surface area (Å²) in [6, 6.07) is 2.61. The molecule has 1 aliphatic carbocycles. The van der Waals surface area contributed by atoms with Crippen LogP contribution in [0.3, 0.4) is 0 Å². The average Bonchev–Trinajstić information content (AvgIpc) is 3.12. The van der Waals surface area contributed by atoms with Crippen LogP contribution in [0.25, 0.3) is 0 Å². The van der Waals surface area contributed by atoms with Gasteiger partial charge in [-0.3, -0.25) is 4.79 Å². The molecule has 0 heterocycles. The minimum atomic E-state index is -1.10. The minimum absolute atomic E-state index is 0.0614. The van der Waals surface area contributed by atoms with Gasteiger partial charge in [-0.2, -0.15) is 0 Å². The Kier molecular flexibility index (Phi) is 3.52. The second-order valence-corrected chi connectivity index (χ2v) is 4.69. The number of carbonyl (C=O) groups is 2. The van der Waals surface area contributed by atoms with Gasteiger partial charge >= 0.3 is 5.97 Å². The van der Waals surface area contributed by atoms with Crippen LogP contribution in [0.15, 0.2) is 18.2 Å². The number of aliphatic carboxylic acids is 1. The van der Waals surface area contributed by atoms with E-state index < -0.39 is 23.7 Å². The van der Waals surface area contributed by atoms with Gasteiger partial charge in [-0.1, -0.05) is 11.6 Å². The molecule has 1 atom stereocenters. The molecule has 18 heavy (non-hydrogen) atoms. The summed E-state index contributed by atoms with van der Waals surface area (Å²) in [4.78, 5) is 22.8. The highest BCUT2D eigenvalue weighted by Gasteiger charge is 2.37. The molecule has 0 saturated heterocycles. The van der Waals surface area contributed by atoms with Crippen LogP contribution in [-0.4, -0.2) is 23.0 Å². The van der Waals surface area contributed by atoms with Crippen molar-refractivity contribution in [2.75, 3.05) is 0 Å². The first-order valence-corrected chi connectivity index (χ1v) is 5.85. The standard InChI is InChI=1S/C12H11ClFNO3/c13-7-3-4-9(14)8(5-7)11(16)15-10(12(17)18)6-1-2-6/h3-6,10H,1-2H2,(H,15,16)(H,17,18). The highest BCUT2D eigenvalue weighted by molar-refractivity contribution is 6.31. The Morgan fingerprint density at radius 2 is 2.11 bits per heavy atom. The summed E-state index contributed by atoms with van der Waals surface area (Å²) in [6.45, 7) is 0. The van der Waals surface area contributed by atoms with Crippen LogP contribution in [0, 0.1) is 11.7 Å². The van der Waals surface area contributed by atoms with E-state index in [-0.39, 0.29) is 16.5 Å². The normalized spacial score (nSPS) is 16.1. The number of hydrogen-bond donors (Lipinski definition) is 2. The molecule has 1 aromatic carbocycles. The third kappa shape index (κ3) is 2.79. The number of halogens is 2. The molecule has 1 aromatic rings. The minimum Gasteiger partial charge on any atom is -0.480 e. The lowest BCUT2D eigenvalue weighted by Gasteiger charge is -2.13. The highest BCUT2D eigenvalue weighted by atomic mass is 35.5. The van der Waals surface area contributed by atoms with E-state index in [0.717, 1.165) is 18.9 Å². The second kappa shape index (κ2) is 4.94. The zero-order valence-electron chi connectivity index (χ0n) is 9.32. The smallest absolute Gasteiger partial charge is 0.326 e. The summed E-state index contributed by atoms with van der Waals surface area (Å²) in [7, 11) is 0. The van der Waals surface area contributed by atoms with Crippen molar-refractivity contribution >= 4 is 23.5 Å². The molecule has 4 nitrogen and oxygen atoms in total. The quantitative estimate of drug-likeness (QED) is 0.881. The van der Waals surface area contributed by atoms with Gasteiger partial charge in [0.2, 0.25) is 0 Å². The van der Waals surface area contributed by atoms with Gasteiger partial charge in [-0.15, -0.1) is 0 Å². The average molecular weight is 272 g/mol. The van der Waals surface area contributed by atoms with Crippen LogP contribution in [0.1, 0.15) is 23.2 Å². The van der Waals surface area contributed by atoms with Crippen LogP contribution >= 0.6 is 11.6 Å². The summed E-state index contributed by atoms with van der Waals surface area (Å²) in [5.41, 5.74) is -0.241. The summed E-state index contributed by atoms with van der Waals surface area (Å²) in [5, 5.41) is 11.5. The number of benzene rings is 1. The Morgan fingerprint density at radius 3 is 2.67 bits per heavy atom. The SMILES string of the molecule is O=C(NC(C(=O)O)C1CC1)c1cc(Cl)ccc1F. The fourth-order valence-corrected chi connectivity index (χ4v) is 1.87. The summed E-state index contributed by atoms with van der Waals surface area (Å²) >= 11 is 5.67. The fourth-order valence-electron chi connectivity index (χ4n) is 1.70. The first kappa shape index (κ1) is 12.8. The third-order valence-corrected chi connectivity index (χ3v) is 3.05. The molecule has 96 valence electrons. The van der Waals surface area contributed by atoms with E-state index in [1.54, 1.807) is 0 Å². The van der Waals surface area contributed by atoms with Crippen molar-refractivity contribution < 1.29 is 19.1 Å². The molecule has 1 amide bonds. The third-order valence-electron chi connectivity index (χ3n) is 2.82. The molecule has 2 rings (SSSR count). The van der Waals surface area contributed by atoms with Crippen LogP contribution < -0.4 is 5.32 Å². The predicted octanol–water partition coefficient (Wildman–Crippen LogP) is 2.07. The lowest BCUT2D eigenvalue weighted by molar-refractivity contribution is -0.139. The molecule has 1 unspecified atom stereocenters. The molecule has 0 aromatic heterocycles. The van der Waals surface area contributed by atoms with Gasteiger partial charge in [0.25, 0.3) is 5.91 Å². The van der Waals surface area contributed by atoms with Gasteiger partial charge in [-0.25, -0.2) is 9.18 Å². The molecule has 1 saturated carbocycles. The lowest BCUT2D eigenvalue weighted by Crippen LogP contribution is -2.42. The number of carboxylic acid groups (broad SMARTS) is 1. The number of carboxylic acids is 1. The van der Waals surface area contributed by atoms with Crippen LogP contribution in [0.5, 0.6) is 0 Å². The Labute approximate surface area is 108 Å². The van der Waals surface area contributed by atoms with Crippen LogP contribution in [-0.2, 0) is 4.79 Å². The van der Waals surface area contributed by atoms with Crippen molar-refractivity contribution in [3.8, 4) is 0 Å². The van der Waals surface area contributed by atoms with E-state index in [1.165, 1.54) is 12.1 Å². The molecular formula is C12H11ClFNO3. The van der Waals surface area contributed by atoms with E-state index in [9.17, 15) is 14.0 Å². The van der Waals surface area contributed by atoms with Gasteiger partial charge in [-0.05, 0) is 37.0 Å². The maximum absolute atomic E-state index is 13.4. The Balaban J connectivity index is 2.15. The van der Waals surface area contributed by atoms with Crippen molar-refractivity contribution in [2.45, 2.75) is 18.9 Å². The lowest BCUT2D eigenvalue weighted by atomic mass is 10.1. The van der Waals surface area contributed by atoms with Gasteiger partial charge in [0.1, 0.15) is 11.9 Å². The molecule has 1 fully saturated rings. The molecule has 2 N–H and O–H groups in total. The maximum Gasteiger partial charge on any atom is 0.326 e. The largest absolute Gasteiger partial charge is 0.480 e. The number of carbonyl (C=O) groups excluding carboxylic acids is 1. The van der Waals surface area contributed by atoms with Crippen molar-refractivity contribution in [1.29, 1.82) is 0 Å². The Bertz CT molecular complexity index is 502. The van der Waals surface area contributed by atoms with E-state index in [0.29, 0.717) is 0 Å². The molecule has 0 bridgehead atoms. The zero-order valence-corrected chi connectivity index (χ0v) is 10.1. The van der Waals surface area contributed by atoms with Gasteiger partial charge in [0, 0.05) is 5.02 Å². The first-order chi connectivity index (χ1) is 8.49. The number of nitrogens with one attached hydrogen (secondary N) is 1. The fraction of sp³-hybridized carbons (Fsp3) is 0.333. The van der Waals surface area contributed by atoms with Gasteiger partial charge < -0.3 is 10.4 Å². The van der Waals surface area contributed by atoms with Crippen molar-refractivity contribution in [1.82, 2.24) is 5.32 Å². The molecule has 0 radical (unpaired) electrons. The van der Waals surface area contributed by atoms with Gasteiger partial charge in [0.15, 0.2) is 0 Å². The molecular weight excluding hydrogens is 261 g/mol. The van der Waals surface area contributed by atoms with E-state index in [1.807, 2.05) is 0 Å². The first-order valence-electron chi connectivity index (χ1n) is 5.48. The Morgan fingerprint density at radius 1 is 1.44 bits per heavy atom. The molecule has 0 aliphatic heterocycles.